The number of hydrogen-bond acceptors (Lipinski definition) is 5. The summed E-state index contributed by atoms with van der Waals surface area (Å²) in [7, 11) is 2.97. The number of nitrogens with zero attached hydrogens (tertiary/aromatic N) is 3. The van der Waals surface area contributed by atoms with Gasteiger partial charge in [0, 0.05) is 29.0 Å². The van der Waals surface area contributed by atoms with Crippen molar-refractivity contribution in [1.29, 1.82) is 0 Å². The second kappa shape index (κ2) is 4.15. The minimum Gasteiger partial charge on any atom is -0.304 e. The molecule has 2 aromatic heterocycles. The predicted octanol–water partition coefficient (Wildman–Crippen LogP) is 1.39. The molecule has 2 rings (SSSR count). The molecule has 0 aliphatic carbocycles. The quantitative estimate of drug-likeness (QED) is 0.796. The van der Waals surface area contributed by atoms with E-state index < -0.39 is 9.05 Å². The lowest BCUT2D eigenvalue weighted by atomic mass is 10.3. The summed E-state index contributed by atoms with van der Waals surface area (Å²) >= 11 is 1.58. The van der Waals surface area contributed by atoms with Gasteiger partial charge in [-0.15, -0.1) is 21.5 Å². The summed E-state index contributed by atoms with van der Waals surface area (Å²) in [6, 6.07) is 3.88. The van der Waals surface area contributed by atoms with Crippen LogP contribution in [-0.4, -0.2) is 23.2 Å². The summed E-state index contributed by atoms with van der Waals surface area (Å²) in [5, 5.41) is 9.11. The smallest absolute Gasteiger partial charge is 0.296 e. The van der Waals surface area contributed by atoms with Gasteiger partial charge in [-0.2, -0.15) is 0 Å². The van der Waals surface area contributed by atoms with Crippen molar-refractivity contribution >= 4 is 31.1 Å². The Hall–Kier alpha value is -0.920. The fourth-order valence-corrected chi connectivity index (χ4v) is 2.96. The highest BCUT2D eigenvalue weighted by atomic mass is 35.7. The highest BCUT2D eigenvalue weighted by molar-refractivity contribution is 8.13. The van der Waals surface area contributed by atoms with Crippen molar-refractivity contribution in [2.75, 3.05) is 0 Å². The molecular weight excluding hydrogens is 270 g/mol. The first kappa shape index (κ1) is 11.6. The van der Waals surface area contributed by atoms with E-state index >= 15 is 0 Å². The maximum absolute atomic E-state index is 11.1. The van der Waals surface area contributed by atoms with Gasteiger partial charge >= 0.3 is 0 Å². The number of halogens is 1. The molecule has 0 spiro atoms. The molecule has 0 fully saturated rings. The van der Waals surface area contributed by atoms with Crippen LogP contribution in [0.15, 0.2) is 22.7 Å². The predicted molar refractivity (Wildman–Crippen MR) is 61.2 cm³/mol. The number of rotatable bonds is 3. The van der Waals surface area contributed by atoms with Crippen molar-refractivity contribution in [3.05, 3.63) is 28.2 Å². The summed E-state index contributed by atoms with van der Waals surface area (Å²) in [5.74, 6) is 0.571. The molecule has 5 nitrogen and oxygen atoms in total. The Morgan fingerprint density at radius 2 is 2.25 bits per heavy atom. The molecule has 0 atom stereocenters. The van der Waals surface area contributed by atoms with Gasteiger partial charge in [-0.1, -0.05) is 6.07 Å². The molecule has 8 heteroatoms. The van der Waals surface area contributed by atoms with Crippen LogP contribution in [-0.2, 0) is 22.5 Å². The Kier molecular flexibility index (Phi) is 3.00. The normalized spacial score (nSPS) is 11.9. The summed E-state index contributed by atoms with van der Waals surface area (Å²) in [6.45, 7) is 0. The molecule has 0 unspecified atom stereocenters. The van der Waals surface area contributed by atoms with Crippen LogP contribution < -0.4 is 0 Å². The topological polar surface area (TPSA) is 64.8 Å². The van der Waals surface area contributed by atoms with Crippen molar-refractivity contribution < 1.29 is 8.42 Å². The van der Waals surface area contributed by atoms with Crippen molar-refractivity contribution in [3.8, 4) is 0 Å². The van der Waals surface area contributed by atoms with Crippen LogP contribution >= 0.6 is 22.0 Å². The number of aromatic nitrogens is 3. The maximum atomic E-state index is 11.1. The first-order valence-corrected chi connectivity index (χ1v) is 7.52. The Balaban J connectivity index is 2.35. The van der Waals surface area contributed by atoms with Gasteiger partial charge in [0.15, 0.2) is 0 Å². The van der Waals surface area contributed by atoms with E-state index in [1.54, 1.807) is 18.4 Å². The van der Waals surface area contributed by atoms with Crippen LogP contribution in [0.4, 0.5) is 0 Å². The molecule has 86 valence electrons. The zero-order valence-corrected chi connectivity index (χ0v) is 10.7. The Bertz CT molecular complexity index is 589. The van der Waals surface area contributed by atoms with Crippen LogP contribution in [0, 0.1) is 0 Å². The Morgan fingerprint density at radius 1 is 1.50 bits per heavy atom. The van der Waals surface area contributed by atoms with E-state index in [2.05, 4.69) is 10.2 Å². The monoisotopic (exact) mass is 277 g/mol. The molecule has 0 saturated carbocycles. The van der Waals surface area contributed by atoms with E-state index in [0.717, 1.165) is 4.88 Å². The minimum absolute atomic E-state index is 0.222. The van der Waals surface area contributed by atoms with Crippen LogP contribution in [0.2, 0.25) is 0 Å². The third-order valence-electron chi connectivity index (χ3n) is 2.06. The molecule has 2 heterocycles. The van der Waals surface area contributed by atoms with Crippen molar-refractivity contribution in [2.24, 2.45) is 7.05 Å². The van der Waals surface area contributed by atoms with E-state index in [1.807, 2.05) is 17.5 Å². The molecular formula is C8H8ClN3O2S2. The molecule has 16 heavy (non-hydrogen) atoms. The van der Waals surface area contributed by atoms with Crippen LogP contribution in [0.25, 0.3) is 0 Å². The highest BCUT2D eigenvalue weighted by Gasteiger charge is 2.20. The Labute approximate surface area is 101 Å². The number of thiophene rings is 1. The van der Waals surface area contributed by atoms with E-state index in [9.17, 15) is 8.42 Å². The largest absolute Gasteiger partial charge is 0.304 e. The molecule has 0 saturated heterocycles. The van der Waals surface area contributed by atoms with Crippen molar-refractivity contribution in [2.45, 2.75) is 11.6 Å². The maximum Gasteiger partial charge on any atom is 0.296 e. The molecule has 0 aliphatic rings. The minimum atomic E-state index is -3.83. The summed E-state index contributed by atoms with van der Waals surface area (Å²) in [4.78, 5) is 1.09. The SMILES string of the molecule is Cn1c(Cc2cccs2)nnc1S(=O)(=O)Cl. The molecule has 0 radical (unpaired) electrons. The zero-order valence-electron chi connectivity index (χ0n) is 8.29. The fraction of sp³-hybridized carbons (Fsp3) is 0.250. The summed E-state index contributed by atoms with van der Waals surface area (Å²) in [6.07, 6.45) is 0.549. The van der Waals surface area contributed by atoms with Gasteiger partial charge in [-0.25, -0.2) is 8.42 Å². The van der Waals surface area contributed by atoms with Crippen LogP contribution in [0.5, 0.6) is 0 Å². The lowest BCUT2D eigenvalue weighted by molar-refractivity contribution is 0.591. The molecule has 0 bridgehead atoms. The molecule has 0 amide bonds. The van der Waals surface area contributed by atoms with Gasteiger partial charge in [-0.3, -0.25) is 0 Å². The average Bonchev–Trinajstić information content (AvgIpc) is 2.76. The van der Waals surface area contributed by atoms with Gasteiger partial charge in [0.2, 0.25) is 0 Å². The van der Waals surface area contributed by atoms with Gasteiger partial charge in [-0.05, 0) is 11.4 Å². The first-order chi connectivity index (χ1) is 7.48. The van der Waals surface area contributed by atoms with Gasteiger partial charge in [0.05, 0.1) is 0 Å². The second-order valence-electron chi connectivity index (χ2n) is 3.15. The third-order valence-corrected chi connectivity index (χ3v) is 4.14. The number of hydrogen-bond donors (Lipinski definition) is 0. The lowest BCUT2D eigenvalue weighted by Crippen LogP contribution is -2.04. The zero-order chi connectivity index (χ0) is 11.8. The van der Waals surface area contributed by atoms with E-state index in [4.69, 9.17) is 10.7 Å². The third kappa shape index (κ3) is 2.26. The highest BCUT2D eigenvalue weighted by Crippen LogP contribution is 2.17. The van der Waals surface area contributed by atoms with Crippen molar-refractivity contribution in [1.82, 2.24) is 14.8 Å². The first-order valence-electron chi connectivity index (χ1n) is 4.34. The molecule has 0 aliphatic heterocycles. The standard InChI is InChI=1S/C8H8ClN3O2S2/c1-12-7(5-6-3-2-4-15-6)10-11-8(12)16(9,13)14/h2-4H,5H2,1H3. The van der Waals surface area contributed by atoms with Gasteiger partial charge in [0.1, 0.15) is 5.82 Å². The summed E-state index contributed by atoms with van der Waals surface area (Å²) < 4.78 is 23.6. The van der Waals surface area contributed by atoms with E-state index in [-0.39, 0.29) is 5.16 Å². The van der Waals surface area contributed by atoms with Crippen molar-refractivity contribution in [3.63, 3.8) is 0 Å². The van der Waals surface area contributed by atoms with Crippen LogP contribution in [0.3, 0.4) is 0 Å². The van der Waals surface area contributed by atoms with Gasteiger partial charge < -0.3 is 4.57 Å². The van der Waals surface area contributed by atoms with Gasteiger partial charge in [0.25, 0.3) is 14.2 Å². The molecule has 2 aromatic rings. The second-order valence-corrected chi connectivity index (χ2v) is 6.64. The average molecular weight is 278 g/mol. The fourth-order valence-electron chi connectivity index (χ4n) is 1.28. The summed E-state index contributed by atoms with van der Waals surface area (Å²) in [5.41, 5.74) is 0. The lowest BCUT2D eigenvalue weighted by Gasteiger charge is -1.99. The van der Waals surface area contributed by atoms with E-state index in [0.29, 0.717) is 12.2 Å². The van der Waals surface area contributed by atoms with Crippen LogP contribution in [0.1, 0.15) is 10.7 Å². The molecule has 0 aromatic carbocycles. The molecule has 0 N–H and O–H groups in total. The van der Waals surface area contributed by atoms with E-state index in [1.165, 1.54) is 4.57 Å². The Morgan fingerprint density at radius 3 is 2.75 bits per heavy atom.